The summed E-state index contributed by atoms with van der Waals surface area (Å²) in [5, 5.41) is 0. The summed E-state index contributed by atoms with van der Waals surface area (Å²) in [7, 11) is 0. The van der Waals surface area contributed by atoms with E-state index in [1.165, 1.54) is 0 Å². The van der Waals surface area contributed by atoms with Crippen LogP contribution in [0.25, 0.3) is 0 Å². The smallest absolute Gasteiger partial charge is 0.256 e. The van der Waals surface area contributed by atoms with Gasteiger partial charge in [-0.05, 0) is 0 Å². The van der Waals surface area contributed by atoms with Gasteiger partial charge in [-0.25, -0.2) is 4.39 Å². The zero-order valence-electron chi connectivity index (χ0n) is 20.0. The number of halogens is 10. The average Bonchev–Trinajstić information content (AvgIpc) is 2.70. The minimum Gasteiger partial charge on any atom is -0.256 e. The molecule has 0 amide bonds. The second kappa shape index (κ2) is 7.35. The Morgan fingerprint density at radius 3 is 1.30 bits per heavy atom. The molecule has 2 unspecified atom stereocenters. The zero-order chi connectivity index (χ0) is 27.1. The molecular formula is C20H30F10O3. The standard InChI is InChI=1S/C20H30F10O3/c1-11(2,3)15(21,22)16(23,24)13(7,8)14(9,10)17(25)18(12(4,5)6,32-19(26,27)28)33-20(29,30)31-17/h1-10H3. The molecule has 1 fully saturated rings. The van der Waals surface area contributed by atoms with E-state index in [4.69, 9.17) is 0 Å². The molecule has 1 heterocycles. The summed E-state index contributed by atoms with van der Waals surface area (Å²) in [5.41, 5.74) is -11.3. The molecule has 0 spiro atoms. The van der Waals surface area contributed by atoms with Crippen LogP contribution in [0.1, 0.15) is 69.2 Å². The number of hydrogen-bond donors (Lipinski definition) is 0. The van der Waals surface area contributed by atoms with Gasteiger partial charge < -0.3 is 0 Å². The Morgan fingerprint density at radius 1 is 0.606 bits per heavy atom. The van der Waals surface area contributed by atoms with Crippen LogP contribution in [0.15, 0.2) is 0 Å². The molecule has 0 aromatic carbocycles. The lowest BCUT2D eigenvalue weighted by Crippen LogP contribution is -2.72. The van der Waals surface area contributed by atoms with E-state index in [0.29, 0.717) is 27.7 Å². The van der Waals surface area contributed by atoms with E-state index in [1.807, 2.05) is 0 Å². The maximum Gasteiger partial charge on any atom is 0.525 e. The van der Waals surface area contributed by atoms with Crippen molar-refractivity contribution in [3.63, 3.8) is 0 Å². The highest BCUT2D eigenvalue weighted by Gasteiger charge is 2.86. The van der Waals surface area contributed by atoms with E-state index in [-0.39, 0.29) is 0 Å². The van der Waals surface area contributed by atoms with Crippen molar-refractivity contribution in [2.75, 3.05) is 0 Å². The topological polar surface area (TPSA) is 27.7 Å². The summed E-state index contributed by atoms with van der Waals surface area (Å²) in [6.07, 6.45) is -10.9. The van der Waals surface area contributed by atoms with Crippen LogP contribution in [0.3, 0.4) is 0 Å². The van der Waals surface area contributed by atoms with Crippen LogP contribution in [-0.2, 0) is 14.2 Å². The largest absolute Gasteiger partial charge is 0.525 e. The Balaban J connectivity index is 4.00. The van der Waals surface area contributed by atoms with Gasteiger partial charge in [-0.3, -0.25) is 14.2 Å². The summed E-state index contributed by atoms with van der Waals surface area (Å²) in [5.74, 6) is -18.6. The lowest BCUT2D eigenvalue weighted by molar-refractivity contribution is -0.481. The SMILES string of the molecule is CC(C)(C)C(F)(F)C(F)(F)C(C)(C)C(C)(C)C1(F)OC(F)(F)OC1(OC(F)(F)F)C(C)(C)C. The van der Waals surface area contributed by atoms with Crippen LogP contribution < -0.4 is 0 Å². The third-order valence-electron chi connectivity index (χ3n) is 6.68. The molecular weight excluding hydrogens is 478 g/mol. The van der Waals surface area contributed by atoms with Gasteiger partial charge in [0.25, 0.3) is 5.85 Å². The second-order valence-electron chi connectivity index (χ2n) is 11.3. The third kappa shape index (κ3) is 4.13. The Hall–Kier alpha value is -0.820. The van der Waals surface area contributed by atoms with Crippen molar-refractivity contribution in [2.24, 2.45) is 21.7 Å². The van der Waals surface area contributed by atoms with Gasteiger partial charge in [0.2, 0.25) is 5.79 Å². The molecule has 0 aliphatic carbocycles. The van der Waals surface area contributed by atoms with Crippen molar-refractivity contribution in [1.29, 1.82) is 0 Å². The molecule has 13 heteroatoms. The summed E-state index contributed by atoms with van der Waals surface area (Å²) in [6, 6.07) is 0. The van der Waals surface area contributed by atoms with Crippen LogP contribution in [0.2, 0.25) is 0 Å². The number of hydrogen-bond acceptors (Lipinski definition) is 3. The summed E-state index contributed by atoms with van der Waals surface area (Å²) in [4.78, 5) is 0. The molecule has 198 valence electrons. The highest BCUT2D eigenvalue weighted by molar-refractivity contribution is 5.16. The van der Waals surface area contributed by atoms with Gasteiger partial charge in [0, 0.05) is 21.7 Å². The number of ether oxygens (including phenoxy) is 3. The fourth-order valence-corrected chi connectivity index (χ4v) is 3.72. The van der Waals surface area contributed by atoms with Crippen molar-refractivity contribution in [2.45, 2.75) is 105 Å². The summed E-state index contributed by atoms with van der Waals surface area (Å²) < 4.78 is 157. The normalized spacial score (nSPS) is 28.4. The van der Waals surface area contributed by atoms with Crippen LogP contribution in [0, 0.1) is 21.7 Å². The van der Waals surface area contributed by atoms with Crippen LogP contribution in [0.4, 0.5) is 43.9 Å². The van der Waals surface area contributed by atoms with Gasteiger partial charge >= 0.3 is 24.5 Å². The third-order valence-corrected chi connectivity index (χ3v) is 6.68. The van der Waals surface area contributed by atoms with E-state index >= 15 is 13.2 Å². The van der Waals surface area contributed by atoms with Crippen LogP contribution in [0.5, 0.6) is 0 Å². The highest BCUT2D eigenvalue weighted by Crippen LogP contribution is 2.70. The van der Waals surface area contributed by atoms with Crippen LogP contribution >= 0.6 is 0 Å². The van der Waals surface area contributed by atoms with Crippen molar-refractivity contribution in [3.05, 3.63) is 0 Å². The molecule has 1 saturated heterocycles. The van der Waals surface area contributed by atoms with Gasteiger partial charge in [0.15, 0.2) is 0 Å². The van der Waals surface area contributed by atoms with Crippen molar-refractivity contribution in [1.82, 2.24) is 0 Å². The molecule has 0 saturated carbocycles. The van der Waals surface area contributed by atoms with E-state index in [9.17, 15) is 30.7 Å². The molecule has 2 atom stereocenters. The van der Waals surface area contributed by atoms with Gasteiger partial charge in [-0.1, -0.05) is 69.2 Å². The Morgan fingerprint density at radius 2 is 1.00 bits per heavy atom. The fraction of sp³-hybridized carbons (Fsp3) is 1.00. The molecule has 0 aromatic rings. The summed E-state index contributed by atoms with van der Waals surface area (Å²) >= 11 is 0. The summed E-state index contributed by atoms with van der Waals surface area (Å²) in [6.45, 7) is 6.54. The lowest BCUT2D eigenvalue weighted by atomic mass is 9.54. The maximum atomic E-state index is 16.6. The Kier molecular flexibility index (Phi) is 6.72. The van der Waals surface area contributed by atoms with E-state index in [0.717, 1.165) is 41.5 Å². The number of alkyl halides is 10. The molecule has 0 aromatic heterocycles. The highest BCUT2D eigenvalue weighted by atomic mass is 19.4. The first-order valence-corrected chi connectivity index (χ1v) is 9.86. The lowest BCUT2D eigenvalue weighted by Gasteiger charge is -2.58. The zero-order valence-corrected chi connectivity index (χ0v) is 20.0. The monoisotopic (exact) mass is 508 g/mol. The van der Waals surface area contributed by atoms with E-state index in [1.54, 1.807) is 0 Å². The molecule has 1 aliphatic heterocycles. The minimum absolute atomic E-state index is 0.425. The molecule has 3 nitrogen and oxygen atoms in total. The first-order chi connectivity index (χ1) is 13.9. The van der Waals surface area contributed by atoms with E-state index < -0.39 is 57.8 Å². The molecule has 0 N–H and O–H groups in total. The van der Waals surface area contributed by atoms with E-state index in [2.05, 4.69) is 14.2 Å². The predicted octanol–water partition coefficient (Wildman–Crippen LogP) is 7.90. The predicted molar refractivity (Wildman–Crippen MR) is 97.2 cm³/mol. The molecule has 1 aliphatic rings. The van der Waals surface area contributed by atoms with Gasteiger partial charge in [0.05, 0.1) is 0 Å². The number of rotatable bonds is 5. The fourth-order valence-electron chi connectivity index (χ4n) is 3.72. The average molecular weight is 508 g/mol. The minimum atomic E-state index is -5.81. The second-order valence-corrected chi connectivity index (χ2v) is 11.3. The molecule has 1 rings (SSSR count). The van der Waals surface area contributed by atoms with Crippen molar-refractivity contribution < 1.29 is 58.1 Å². The first kappa shape index (κ1) is 30.2. The Bertz CT molecular complexity index is 747. The van der Waals surface area contributed by atoms with Crippen molar-refractivity contribution >= 4 is 0 Å². The maximum absolute atomic E-state index is 16.6. The van der Waals surface area contributed by atoms with Crippen molar-refractivity contribution in [3.8, 4) is 0 Å². The Labute approximate surface area is 186 Å². The molecule has 33 heavy (non-hydrogen) atoms. The van der Waals surface area contributed by atoms with Crippen LogP contribution in [-0.4, -0.2) is 36.1 Å². The first-order valence-electron chi connectivity index (χ1n) is 9.86. The van der Waals surface area contributed by atoms with Gasteiger partial charge in [-0.2, -0.15) is 17.6 Å². The molecule has 0 bridgehead atoms. The van der Waals surface area contributed by atoms with Gasteiger partial charge in [0.1, 0.15) is 0 Å². The van der Waals surface area contributed by atoms with Gasteiger partial charge in [-0.15, -0.1) is 22.0 Å². The molecule has 0 radical (unpaired) electrons. The quantitative estimate of drug-likeness (QED) is 0.354.